The number of carbonyl (C=O) groups excluding carboxylic acids is 1. The quantitative estimate of drug-likeness (QED) is 0.891. The standard InChI is InChI=1S/C13H13ClN2O2/c1-9-11(14)5-2-6-12(9)16-13(17)15-8-10-4-3-7-18-10/h2-7H,8H2,1H3,(H2,15,16,17). The molecule has 2 rings (SSSR count). The van der Waals surface area contributed by atoms with Crippen LogP contribution in [0.3, 0.4) is 0 Å². The van der Waals surface area contributed by atoms with E-state index in [9.17, 15) is 4.79 Å². The minimum absolute atomic E-state index is 0.295. The summed E-state index contributed by atoms with van der Waals surface area (Å²) in [6.07, 6.45) is 1.57. The summed E-state index contributed by atoms with van der Waals surface area (Å²) in [6, 6.07) is 8.64. The molecule has 0 saturated carbocycles. The van der Waals surface area contributed by atoms with Crippen LogP contribution in [-0.2, 0) is 6.54 Å². The zero-order chi connectivity index (χ0) is 13.0. The smallest absolute Gasteiger partial charge is 0.319 e. The normalized spacial score (nSPS) is 10.1. The highest BCUT2D eigenvalue weighted by atomic mass is 35.5. The molecule has 5 heteroatoms. The van der Waals surface area contributed by atoms with Crippen LogP contribution in [-0.4, -0.2) is 6.03 Å². The summed E-state index contributed by atoms with van der Waals surface area (Å²) in [5, 5.41) is 6.05. The lowest BCUT2D eigenvalue weighted by Gasteiger charge is -2.09. The van der Waals surface area contributed by atoms with E-state index in [4.69, 9.17) is 16.0 Å². The van der Waals surface area contributed by atoms with Gasteiger partial charge in [0.15, 0.2) is 0 Å². The Balaban J connectivity index is 1.93. The number of hydrogen-bond donors (Lipinski definition) is 2. The van der Waals surface area contributed by atoms with Crippen LogP contribution in [0, 0.1) is 6.92 Å². The summed E-state index contributed by atoms with van der Waals surface area (Å²) in [6.45, 7) is 2.20. The second-order valence-corrected chi connectivity index (χ2v) is 4.21. The van der Waals surface area contributed by atoms with Crippen LogP contribution in [0.4, 0.5) is 10.5 Å². The molecule has 1 aromatic heterocycles. The first-order valence-corrected chi connectivity index (χ1v) is 5.87. The van der Waals surface area contributed by atoms with Crippen molar-refractivity contribution in [2.75, 3.05) is 5.32 Å². The van der Waals surface area contributed by atoms with E-state index >= 15 is 0 Å². The molecule has 0 spiro atoms. The van der Waals surface area contributed by atoms with Gasteiger partial charge in [0.1, 0.15) is 5.76 Å². The van der Waals surface area contributed by atoms with Gasteiger partial charge >= 0.3 is 6.03 Å². The summed E-state index contributed by atoms with van der Waals surface area (Å²) < 4.78 is 5.11. The third kappa shape index (κ3) is 3.05. The summed E-state index contributed by atoms with van der Waals surface area (Å²) in [4.78, 5) is 11.7. The highest BCUT2D eigenvalue weighted by Crippen LogP contribution is 2.22. The molecule has 0 unspecified atom stereocenters. The highest BCUT2D eigenvalue weighted by molar-refractivity contribution is 6.31. The Hall–Kier alpha value is -1.94. The average Bonchev–Trinajstić information content (AvgIpc) is 2.86. The first kappa shape index (κ1) is 12.5. The topological polar surface area (TPSA) is 54.3 Å². The maximum absolute atomic E-state index is 11.7. The van der Waals surface area contributed by atoms with E-state index in [1.807, 2.05) is 6.92 Å². The van der Waals surface area contributed by atoms with E-state index in [0.717, 1.165) is 5.56 Å². The van der Waals surface area contributed by atoms with Crippen molar-refractivity contribution in [3.63, 3.8) is 0 Å². The van der Waals surface area contributed by atoms with Gasteiger partial charge in [0.2, 0.25) is 0 Å². The fraction of sp³-hybridized carbons (Fsp3) is 0.154. The molecule has 94 valence electrons. The SMILES string of the molecule is Cc1c(Cl)cccc1NC(=O)NCc1ccco1. The van der Waals surface area contributed by atoms with Crippen molar-refractivity contribution in [1.29, 1.82) is 0 Å². The number of amides is 2. The van der Waals surface area contributed by atoms with E-state index < -0.39 is 0 Å². The molecule has 0 bridgehead atoms. The molecule has 0 aliphatic carbocycles. The third-order valence-corrected chi connectivity index (χ3v) is 2.93. The minimum atomic E-state index is -0.295. The van der Waals surface area contributed by atoms with E-state index in [0.29, 0.717) is 23.0 Å². The molecule has 2 N–H and O–H groups in total. The van der Waals surface area contributed by atoms with Gasteiger partial charge in [0, 0.05) is 10.7 Å². The van der Waals surface area contributed by atoms with Crippen LogP contribution >= 0.6 is 11.6 Å². The number of carbonyl (C=O) groups is 1. The Morgan fingerprint density at radius 2 is 2.17 bits per heavy atom. The van der Waals surface area contributed by atoms with Gasteiger partial charge in [-0.1, -0.05) is 17.7 Å². The molecule has 0 aliphatic heterocycles. The third-order valence-electron chi connectivity index (χ3n) is 2.52. The maximum Gasteiger partial charge on any atom is 0.319 e. The number of urea groups is 1. The summed E-state index contributed by atoms with van der Waals surface area (Å²) in [5.74, 6) is 0.702. The summed E-state index contributed by atoms with van der Waals surface area (Å²) in [7, 11) is 0. The van der Waals surface area contributed by atoms with Crippen molar-refractivity contribution in [1.82, 2.24) is 5.32 Å². The van der Waals surface area contributed by atoms with Crippen LogP contribution in [0.5, 0.6) is 0 Å². The number of rotatable bonds is 3. The molecule has 0 aliphatic rings. The number of benzene rings is 1. The lowest BCUT2D eigenvalue weighted by atomic mass is 10.2. The number of furan rings is 1. The lowest BCUT2D eigenvalue weighted by molar-refractivity contribution is 0.251. The molecule has 0 fully saturated rings. The number of nitrogens with one attached hydrogen (secondary N) is 2. The number of halogens is 1. The first-order chi connectivity index (χ1) is 8.66. The number of hydrogen-bond acceptors (Lipinski definition) is 2. The zero-order valence-electron chi connectivity index (χ0n) is 9.87. The second-order valence-electron chi connectivity index (χ2n) is 3.80. The molecular weight excluding hydrogens is 252 g/mol. The van der Waals surface area contributed by atoms with E-state index in [1.54, 1.807) is 36.6 Å². The Bertz CT molecular complexity index is 538. The largest absolute Gasteiger partial charge is 0.467 e. The van der Waals surface area contributed by atoms with Gasteiger partial charge in [-0.15, -0.1) is 0 Å². The van der Waals surface area contributed by atoms with Crippen molar-refractivity contribution in [3.05, 3.63) is 52.9 Å². The van der Waals surface area contributed by atoms with Crippen LogP contribution in [0.15, 0.2) is 41.0 Å². The molecular formula is C13H13ClN2O2. The Labute approximate surface area is 110 Å². The fourth-order valence-corrected chi connectivity index (χ4v) is 1.66. The minimum Gasteiger partial charge on any atom is -0.467 e. The van der Waals surface area contributed by atoms with Crippen LogP contribution in [0.1, 0.15) is 11.3 Å². The molecule has 0 radical (unpaired) electrons. The molecule has 18 heavy (non-hydrogen) atoms. The van der Waals surface area contributed by atoms with Gasteiger partial charge in [-0.3, -0.25) is 0 Å². The fourth-order valence-electron chi connectivity index (χ4n) is 1.49. The number of anilines is 1. The maximum atomic E-state index is 11.7. The van der Waals surface area contributed by atoms with Crippen molar-refractivity contribution < 1.29 is 9.21 Å². The highest BCUT2D eigenvalue weighted by Gasteiger charge is 2.06. The second kappa shape index (κ2) is 5.60. The van der Waals surface area contributed by atoms with Crippen molar-refractivity contribution >= 4 is 23.3 Å². The van der Waals surface area contributed by atoms with Gasteiger partial charge in [-0.25, -0.2) is 4.79 Å². The van der Waals surface area contributed by atoms with Crippen LogP contribution in [0.25, 0.3) is 0 Å². The average molecular weight is 265 g/mol. The van der Waals surface area contributed by atoms with Crippen LogP contribution in [0.2, 0.25) is 5.02 Å². The van der Waals surface area contributed by atoms with Crippen molar-refractivity contribution in [2.24, 2.45) is 0 Å². The monoisotopic (exact) mass is 264 g/mol. The first-order valence-electron chi connectivity index (χ1n) is 5.49. The van der Waals surface area contributed by atoms with E-state index in [-0.39, 0.29) is 6.03 Å². The van der Waals surface area contributed by atoms with Crippen LogP contribution < -0.4 is 10.6 Å². The van der Waals surface area contributed by atoms with Gasteiger partial charge in [-0.2, -0.15) is 0 Å². The van der Waals surface area contributed by atoms with E-state index in [2.05, 4.69) is 10.6 Å². The summed E-state index contributed by atoms with van der Waals surface area (Å²) >= 11 is 5.97. The molecule has 2 aromatic rings. The van der Waals surface area contributed by atoms with Gasteiger partial charge in [0.25, 0.3) is 0 Å². The van der Waals surface area contributed by atoms with Gasteiger partial charge in [0.05, 0.1) is 12.8 Å². The van der Waals surface area contributed by atoms with E-state index in [1.165, 1.54) is 0 Å². The molecule has 1 aromatic carbocycles. The van der Waals surface area contributed by atoms with Gasteiger partial charge in [-0.05, 0) is 36.8 Å². The summed E-state index contributed by atoms with van der Waals surface area (Å²) in [5.41, 5.74) is 1.53. The van der Waals surface area contributed by atoms with Crippen molar-refractivity contribution in [3.8, 4) is 0 Å². The van der Waals surface area contributed by atoms with Gasteiger partial charge < -0.3 is 15.1 Å². The Morgan fingerprint density at radius 1 is 1.33 bits per heavy atom. The Kier molecular flexibility index (Phi) is 3.89. The lowest BCUT2D eigenvalue weighted by Crippen LogP contribution is -2.28. The molecule has 0 saturated heterocycles. The zero-order valence-corrected chi connectivity index (χ0v) is 10.6. The predicted molar refractivity (Wildman–Crippen MR) is 70.8 cm³/mol. The molecule has 1 heterocycles. The molecule has 2 amide bonds. The molecule has 0 atom stereocenters. The predicted octanol–water partition coefficient (Wildman–Crippen LogP) is 3.56. The van der Waals surface area contributed by atoms with Crippen molar-refractivity contribution in [2.45, 2.75) is 13.5 Å². The Morgan fingerprint density at radius 3 is 2.89 bits per heavy atom. The molecule has 4 nitrogen and oxygen atoms in total.